The topological polar surface area (TPSA) is 40.5 Å². The van der Waals surface area contributed by atoms with Crippen molar-refractivity contribution in [2.75, 3.05) is 0 Å². The molecule has 1 atom stereocenters. The van der Waals surface area contributed by atoms with Crippen LogP contribution in [-0.2, 0) is 0 Å². The molecule has 2 heteroatoms. The Morgan fingerprint density at radius 3 is 2.29 bits per heavy atom. The number of hydrogen-bond acceptors (Lipinski definition) is 2. The van der Waals surface area contributed by atoms with Crippen LogP contribution < -0.4 is 0 Å². The van der Waals surface area contributed by atoms with E-state index in [1.54, 1.807) is 0 Å². The molecule has 0 aromatic heterocycles. The van der Waals surface area contributed by atoms with Gasteiger partial charge in [-0.2, -0.15) is 0 Å². The zero-order valence-electron chi connectivity index (χ0n) is 13.1. The van der Waals surface area contributed by atoms with Gasteiger partial charge in [0.25, 0.3) is 0 Å². The van der Waals surface area contributed by atoms with E-state index in [1.807, 2.05) is 30.3 Å². The monoisotopic (exact) mass is 290 g/mol. The second-order valence-corrected chi connectivity index (χ2v) is 6.66. The summed E-state index contributed by atoms with van der Waals surface area (Å²) >= 11 is 0. The molecule has 2 N–H and O–H groups in total. The Morgan fingerprint density at radius 1 is 0.905 bits per heavy atom. The summed E-state index contributed by atoms with van der Waals surface area (Å²) in [5.41, 5.74) is 0.663. The third kappa shape index (κ3) is 5.80. The summed E-state index contributed by atoms with van der Waals surface area (Å²) in [5.74, 6) is 0. The summed E-state index contributed by atoms with van der Waals surface area (Å²) in [6, 6.07) is 9.91. The van der Waals surface area contributed by atoms with Crippen molar-refractivity contribution in [3.8, 4) is 0 Å². The zero-order valence-corrected chi connectivity index (χ0v) is 13.1. The first-order valence-electron chi connectivity index (χ1n) is 8.65. The Hall–Kier alpha value is -0.860. The van der Waals surface area contributed by atoms with Crippen LogP contribution >= 0.6 is 0 Å². The van der Waals surface area contributed by atoms with Crippen molar-refractivity contribution < 1.29 is 10.2 Å². The summed E-state index contributed by atoms with van der Waals surface area (Å²) in [6.07, 6.45) is 11.7. The van der Waals surface area contributed by atoms with Crippen LogP contribution in [-0.4, -0.2) is 15.8 Å². The number of hydrogen-bond donors (Lipinski definition) is 2. The Kier molecular flexibility index (Phi) is 6.72. The lowest BCUT2D eigenvalue weighted by molar-refractivity contribution is -0.00593. The van der Waals surface area contributed by atoms with Gasteiger partial charge in [0, 0.05) is 0 Å². The van der Waals surface area contributed by atoms with Crippen LogP contribution in [0.3, 0.4) is 0 Å². The van der Waals surface area contributed by atoms with Crippen LogP contribution in [0.1, 0.15) is 82.3 Å². The summed E-state index contributed by atoms with van der Waals surface area (Å²) in [4.78, 5) is 0. The molecule has 1 aromatic carbocycles. The van der Waals surface area contributed by atoms with E-state index in [1.165, 1.54) is 25.7 Å². The molecule has 1 fully saturated rings. The van der Waals surface area contributed by atoms with E-state index in [4.69, 9.17) is 0 Å². The van der Waals surface area contributed by atoms with Gasteiger partial charge in [0.15, 0.2) is 0 Å². The van der Waals surface area contributed by atoms with Crippen molar-refractivity contribution >= 4 is 0 Å². The number of aliphatic hydroxyl groups excluding tert-OH is 1. The maximum atomic E-state index is 10.4. The molecule has 0 bridgehead atoms. The van der Waals surface area contributed by atoms with Crippen LogP contribution in [0.25, 0.3) is 0 Å². The highest BCUT2D eigenvalue weighted by Crippen LogP contribution is 2.32. The minimum Gasteiger partial charge on any atom is -0.390 e. The van der Waals surface area contributed by atoms with Crippen molar-refractivity contribution in [2.45, 2.75) is 82.3 Å². The van der Waals surface area contributed by atoms with Crippen LogP contribution in [0.15, 0.2) is 30.3 Å². The average Bonchev–Trinajstić information content (AvgIpc) is 2.52. The van der Waals surface area contributed by atoms with Gasteiger partial charge in [-0.15, -0.1) is 0 Å². The highest BCUT2D eigenvalue weighted by atomic mass is 16.3. The maximum Gasteiger partial charge on any atom is 0.0790 e. The van der Waals surface area contributed by atoms with E-state index >= 15 is 0 Å². The average molecular weight is 290 g/mol. The molecule has 0 radical (unpaired) electrons. The lowest BCUT2D eigenvalue weighted by Crippen LogP contribution is -2.30. The van der Waals surface area contributed by atoms with Gasteiger partial charge < -0.3 is 10.2 Å². The first-order valence-corrected chi connectivity index (χ1v) is 8.65. The van der Waals surface area contributed by atoms with Gasteiger partial charge in [0.2, 0.25) is 0 Å². The van der Waals surface area contributed by atoms with E-state index in [-0.39, 0.29) is 11.7 Å². The lowest BCUT2D eigenvalue weighted by atomic mass is 9.81. The third-order valence-electron chi connectivity index (χ3n) is 4.84. The largest absolute Gasteiger partial charge is 0.390 e. The van der Waals surface area contributed by atoms with Gasteiger partial charge in [-0.3, -0.25) is 0 Å². The number of aliphatic hydroxyl groups is 2. The van der Waals surface area contributed by atoms with E-state index < -0.39 is 0 Å². The Labute approximate surface area is 129 Å². The SMILES string of the molecule is OC(CCCCCCC1(O)CCCCC1)c1ccccc1. The van der Waals surface area contributed by atoms with Crippen molar-refractivity contribution in [2.24, 2.45) is 0 Å². The summed E-state index contributed by atoms with van der Waals surface area (Å²) in [7, 11) is 0. The molecule has 0 aliphatic heterocycles. The molecular formula is C19H30O2. The zero-order chi connectivity index (χ0) is 15.0. The van der Waals surface area contributed by atoms with Gasteiger partial charge in [-0.05, 0) is 31.2 Å². The fraction of sp³-hybridized carbons (Fsp3) is 0.684. The van der Waals surface area contributed by atoms with Crippen molar-refractivity contribution in [1.29, 1.82) is 0 Å². The second kappa shape index (κ2) is 8.55. The summed E-state index contributed by atoms with van der Waals surface area (Å²) in [5, 5.41) is 20.5. The Balaban J connectivity index is 1.54. The Morgan fingerprint density at radius 2 is 1.57 bits per heavy atom. The van der Waals surface area contributed by atoms with Crippen LogP contribution in [0.2, 0.25) is 0 Å². The number of benzene rings is 1. The van der Waals surface area contributed by atoms with E-state index in [0.29, 0.717) is 0 Å². The quantitative estimate of drug-likeness (QED) is 0.678. The summed E-state index contributed by atoms with van der Waals surface area (Å²) < 4.78 is 0. The molecule has 1 saturated carbocycles. The number of unbranched alkanes of at least 4 members (excludes halogenated alkanes) is 3. The van der Waals surface area contributed by atoms with E-state index in [9.17, 15) is 10.2 Å². The molecule has 0 amide bonds. The predicted octanol–water partition coefficient (Wildman–Crippen LogP) is 4.76. The maximum absolute atomic E-state index is 10.4. The van der Waals surface area contributed by atoms with E-state index in [2.05, 4.69) is 0 Å². The number of rotatable bonds is 8. The lowest BCUT2D eigenvalue weighted by Gasteiger charge is -2.32. The highest BCUT2D eigenvalue weighted by molar-refractivity contribution is 5.16. The summed E-state index contributed by atoms with van der Waals surface area (Å²) in [6.45, 7) is 0. The van der Waals surface area contributed by atoms with Gasteiger partial charge in [0.1, 0.15) is 0 Å². The van der Waals surface area contributed by atoms with Crippen LogP contribution in [0.4, 0.5) is 0 Å². The molecule has 1 aromatic rings. The van der Waals surface area contributed by atoms with Crippen molar-refractivity contribution in [3.05, 3.63) is 35.9 Å². The van der Waals surface area contributed by atoms with Crippen LogP contribution in [0, 0.1) is 0 Å². The normalized spacial score (nSPS) is 19.3. The van der Waals surface area contributed by atoms with Gasteiger partial charge in [-0.1, -0.05) is 75.3 Å². The van der Waals surface area contributed by atoms with Gasteiger partial charge in [-0.25, -0.2) is 0 Å². The van der Waals surface area contributed by atoms with Crippen molar-refractivity contribution in [3.63, 3.8) is 0 Å². The highest BCUT2D eigenvalue weighted by Gasteiger charge is 2.27. The fourth-order valence-corrected chi connectivity index (χ4v) is 3.45. The van der Waals surface area contributed by atoms with Crippen molar-refractivity contribution in [1.82, 2.24) is 0 Å². The fourth-order valence-electron chi connectivity index (χ4n) is 3.45. The minimum absolute atomic E-state index is 0.325. The van der Waals surface area contributed by atoms with E-state index in [0.717, 1.165) is 50.5 Å². The van der Waals surface area contributed by atoms with Gasteiger partial charge >= 0.3 is 0 Å². The first-order chi connectivity index (χ1) is 10.2. The molecule has 0 spiro atoms. The first kappa shape index (κ1) is 16.5. The standard InChI is InChI=1S/C19H30O2/c20-18(17-11-5-3-6-12-17)13-7-1-2-8-14-19(21)15-9-4-10-16-19/h3,5-6,11-12,18,20-21H,1-2,4,7-10,13-16H2. The third-order valence-corrected chi connectivity index (χ3v) is 4.84. The molecule has 1 unspecified atom stereocenters. The molecule has 1 aliphatic carbocycles. The Bertz CT molecular complexity index is 382. The smallest absolute Gasteiger partial charge is 0.0790 e. The molecule has 21 heavy (non-hydrogen) atoms. The van der Waals surface area contributed by atoms with Gasteiger partial charge in [0.05, 0.1) is 11.7 Å². The predicted molar refractivity (Wildman–Crippen MR) is 87.1 cm³/mol. The molecular weight excluding hydrogens is 260 g/mol. The molecule has 1 aliphatic rings. The second-order valence-electron chi connectivity index (χ2n) is 6.66. The molecule has 2 rings (SSSR count). The molecule has 2 nitrogen and oxygen atoms in total. The molecule has 0 saturated heterocycles. The minimum atomic E-state index is -0.359. The molecule has 0 heterocycles. The molecule has 118 valence electrons. The van der Waals surface area contributed by atoms with Crippen LogP contribution in [0.5, 0.6) is 0 Å².